The Morgan fingerprint density at radius 3 is 2.45 bits per heavy atom. The molecule has 1 aliphatic carbocycles. The molecule has 3 rings (SSSR count). The first-order chi connectivity index (χ1) is 14.3. The number of ether oxygens (including phenoxy) is 1. The molecule has 0 saturated heterocycles. The molecule has 1 atom stereocenters. The normalized spacial score (nSPS) is 17.0. The van der Waals surface area contributed by atoms with E-state index in [1.165, 1.54) is 19.1 Å². The van der Waals surface area contributed by atoms with Gasteiger partial charge in [0.25, 0.3) is 0 Å². The molecule has 2 aromatic rings. The van der Waals surface area contributed by atoms with Crippen LogP contribution in [0, 0.1) is 11.6 Å². The monoisotopic (exact) mass is 463 g/mol. The van der Waals surface area contributed by atoms with E-state index in [0.29, 0.717) is 24.5 Å². The van der Waals surface area contributed by atoms with Gasteiger partial charge >= 0.3 is 6.18 Å². The molecule has 1 fully saturated rings. The number of carbonyl (C=O) groups is 1. The summed E-state index contributed by atoms with van der Waals surface area (Å²) in [5, 5.41) is 13.3. The summed E-state index contributed by atoms with van der Waals surface area (Å²) in [5.41, 5.74) is -2.49. The molecule has 31 heavy (non-hydrogen) atoms. The lowest BCUT2D eigenvalue weighted by atomic mass is 9.91. The molecule has 1 unspecified atom stereocenters. The van der Waals surface area contributed by atoms with Gasteiger partial charge in [-0.25, -0.2) is 8.78 Å². The van der Waals surface area contributed by atoms with E-state index in [0.717, 1.165) is 12.1 Å². The highest BCUT2D eigenvalue weighted by molar-refractivity contribution is 6.32. The van der Waals surface area contributed by atoms with Crippen LogP contribution in [0.3, 0.4) is 0 Å². The molecule has 1 saturated carbocycles. The van der Waals surface area contributed by atoms with E-state index in [9.17, 15) is 31.9 Å². The fourth-order valence-electron chi connectivity index (χ4n) is 3.33. The summed E-state index contributed by atoms with van der Waals surface area (Å²) in [4.78, 5) is 12.6. The highest BCUT2D eigenvalue weighted by Crippen LogP contribution is 2.47. The molecule has 4 nitrogen and oxygen atoms in total. The van der Waals surface area contributed by atoms with Crippen LogP contribution in [0.15, 0.2) is 36.4 Å². The van der Waals surface area contributed by atoms with Crippen molar-refractivity contribution < 1.29 is 36.6 Å². The van der Waals surface area contributed by atoms with Crippen LogP contribution in [-0.4, -0.2) is 23.8 Å². The van der Waals surface area contributed by atoms with Crippen molar-refractivity contribution in [2.75, 3.05) is 6.61 Å². The first-order valence-corrected chi connectivity index (χ1v) is 9.68. The Bertz CT molecular complexity index is 989. The SMILES string of the molecule is CC(O)(CC(=O)NC1(c2ccc(Cl)c(OCC(F)(F)F)c2)CC1)c1ccc(F)cc1F. The highest BCUT2D eigenvalue weighted by Gasteiger charge is 2.47. The Morgan fingerprint density at radius 2 is 1.87 bits per heavy atom. The van der Waals surface area contributed by atoms with Crippen molar-refractivity contribution >= 4 is 17.5 Å². The van der Waals surface area contributed by atoms with E-state index in [2.05, 4.69) is 5.32 Å². The van der Waals surface area contributed by atoms with Crippen LogP contribution >= 0.6 is 11.6 Å². The fraction of sp³-hybridized carbons (Fsp3) is 0.381. The predicted octanol–water partition coefficient (Wildman–Crippen LogP) is 4.96. The summed E-state index contributed by atoms with van der Waals surface area (Å²) in [6.07, 6.45) is -4.04. The Balaban J connectivity index is 1.73. The Morgan fingerprint density at radius 1 is 1.19 bits per heavy atom. The molecule has 0 radical (unpaired) electrons. The zero-order valence-corrected chi connectivity index (χ0v) is 17.1. The summed E-state index contributed by atoms with van der Waals surface area (Å²) >= 11 is 5.91. The number of amides is 1. The molecule has 0 heterocycles. The zero-order chi connectivity index (χ0) is 23.0. The van der Waals surface area contributed by atoms with E-state index in [-0.39, 0.29) is 16.3 Å². The maximum absolute atomic E-state index is 14.0. The Kier molecular flexibility index (Phi) is 6.21. The van der Waals surface area contributed by atoms with Gasteiger partial charge in [-0.3, -0.25) is 4.79 Å². The van der Waals surface area contributed by atoms with Gasteiger partial charge < -0.3 is 15.2 Å². The van der Waals surface area contributed by atoms with Gasteiger partial charge in [-0.15, -0.1) is 0 Å². The number of rotatable bonds is 7. The predicted molar refractivity (Wildman–Crippen MR) is 103 cm³/mol. The van der Waals surface area contributed by atoms with Crippen molar-refractivity contribution in [3.63, 3.8) is 0 Å². The van der Waals surface area contributed by atoms with Gasteiger partial charge in [0.15, 0.2) is 6.61 Å². The van der Waals surface area contributed by atoms with Gasteiger partial charge in [0, 0.05) is 11.6 Å². The van der Waals surface area contributed by atoms with Crippen LogP contribution in [0.1, 0.15) is 37.3 Å². The number of halogens is 6. The van der Waals surface area contributed by atoms with E-state index >= 15 is 0 Å². The number of hydrogen-bond donors (Lipinski definition) is 2. The second-order valence-corrected chi connectivity index (χ2v) is 8.16. The molecule has 0 bridgehead atoms. The molecule has 2 aromatic carbocycles. The molecule has 1 amide bonds. The standard InChI is InChI=1S/C21H19ClF5NO3/c1-19(30,14-4-3-13(23)9-16(14)24)10-18(29)28-20(6-7-20)12-2-5-15(22)17(8-12)31-11-21(25,26)27/h2-5,8-9,30H,6-7,10-11H2,1H3,(H,28,29). The molecule has 0 spiro atoms. The summed E-state index contributed by atoms with van der Waals surface area (Å²) in [6, 6.07) is 6.92. The quantitative estimate of drug-likeness (QED) is 0.570. The average molecular weight is 464 g/mol. The minimum Gasteiger partial charge on any atom is -0.483 e. The highest BCUT2D eigenvalue weighted by atomic mass is 35.5. The van der Waals surface area contributed by atoms with Gasteiger partial charge in [0.05, 0.1) is 22.6 Å². The molecule has 0 aliphatic heterocycles. The van der Waals surface area contributed by atoms with Gasteiger partial charge in [0.1, 0.15) is 17.4 Å². The van der Waals surface area contributed by atoms with Crippen LogP contribution in [0.5, 0.6) is 5.75 Å². The van der Waals surface area contributed by atoms with Gasteiger partial charge in [-0.1, -0.05) is 23.7 Å². The van der Waals surface area contributed by atoms with Crippen LogP contribution in [0.25, 0.3) is 0 Å². The molecule has 2 N–H and O–H groups in total. The number of aliphatic hydroxyl groups is 1. The molecule has 168 valence electrons. The van der Waals surface area contributed by atoms with Crippen LogP contribution in [0.2, 0.25) is 5.02 Å². The lowest BCUT2D eigenvalue weighted by Crippen LogP contribution is -2.39. The van der Waals surface area contributed by atoms with Crippen molar-refractivity contribution in [3.8, 4) is 5.75 Å². The third kappa shape index (κ3) is 5.65. The van der Waals surface area contributed by atoms with E-state index in [4.69, 9.17) is 16.3 Å². The van der Waals surface area contributed by atoms with Gasteiger partial charge in [-0.2, -0.15) is 13.2 Å². The number of nitrogens with one attached hydrogen (secondary N) is 1. The second-order valence-electron chi connectivity index (χ2n) is 7.75. The first kappa shape index (κ1) is 23.3. The molecule has 10 heteroatoms. The summed E-state index contributed by atoms with van der Waals surface area (Å²) in [6.45, 7) is -0.282. The molecule has 1 aliphatic rings. The second kappa shape index (κ2) is 8.27. The summed E-state index contributed by atoms with van der Waals surface area (Å²) in [7, 11) is 0. The fourth-order valence-corrected chi connectivity index (χ4v) is 3.50. The molecular weight excluding hydrogens is 445 g/mol. The van der Waals surface area contributed by atoms with Crippen molar-refractivity contribution in [3.05, 3.63) is 64.2 Å². The van der Waals surface area contributed by atoms with Crippen LogP contribution < -0.4 is 10.1 Å². The largest absolute Gasteiger partial charge is 0.483 e. The smallest absolute Gasteiger partial charge is 0.422 e. The van der Waals surface area contributed by atoms with Crippen LogP contribution in [-0.2, 0) is 15.9 Å². The topological polar surface area (TPSA) is 58.6 Å². The van der Waals surface area contributed by atoms with Crippen molar-refractivity contribution in [2.45, 2.75) is 43.5 Å². The van der Waals surface area contributed by atoms with E-state index in [1.807, 2.05) is 0 Å². The lowest BCUT2D eigenvalue weighted by molar-refractivity contribution is -0.153. The van der Waals surface area contributed by atoms with Crippen LogP contribution in [0.4, 0.5) is 22.0 Å². The number of carbonyl (C=O) groups excluding carboxylic acids is 1. The summed E-state index contributed by atoms with van der Waals surface area (Å²) in [5.74, 6) is -2.58. The van der Waals surface area contributed by atoms with Crippen molar-refractivity contribution in [1.82, 2.24) is 5.32 Å². The minimum atomic E-state index is -4.54. The van der Waals surface area contributed by atoms with E-state index < -0.39 is 47.9 Å². The van der Waals surface area contributed by atoms with E-state index in [1.54, 1.807) is 6.07 Å². The zero-order valence-electron chi connectivity index (χ0n) is 16.3. The van der Waals surface area contributed by atoms with Crippen molar-refractivity contribution in [2.24, 2.45) is 0 Å². The van der Waals surface area contributed by atoms with Gasteiger partial charge in [-0.05, 0) is 43.5 Å². The Hall–Kier alpha value is -2.39. The minimum absolute atomic E-state index is 0.00940. The number of benzene rings is 2. The lowest BCUT2D eigenvalue weighted by Gasteiger charge is -2.26. The van der Waals surface area contributed by atoms with Gasteiger partial charge in [0.2, 0.25) is 5.91 Å². The summed E-state index contributed by atoms with van der Waals surface area (Å²) < 4.78 is 69.2. The first-order valence-electron chi connectivity index (χ1n) is 9.30. The number of hydrogen-bond acceptors (Lipinski definition) is 3. The third-order valence-electron chi connectivity index (χ3n) is 5.02. The molecule has 0 aromatic heterocycles. The molecular formula is C21H19ClF5NO3. The number of alkyl halides is 3. The Labute approximate surface area is 180 Å². The maximum atomic E-state index is 14.0. The average Bonchev–Trinajstić information content (AvgIpc) is 3.39. The van der Waals surface area contributed by atoms with Crippen molar-refractivity contribution in [1.29, 1.82) is 0 Å². The maximum Gasteiger partial charge on any atom is 0.422 e. The third-order valence-corrected chi connectivity index (χ3v) is 5.33.